The standard InChI is InChI=1S/C24H24F4N4O11/c1-40-16-15(36)21(32-5-4-13(34)31-23(32)39)42-17(16)18(19(29)37)43-22-14(35)11(33)7-12(41-22)20(38)30-8-2-3-10(25)9(6-8)24(26,27)28/h2-7,11,14-18,21-22,33,35-36H,1H3,(H2,29,37)(H,30,38)(H,31,34,39)/t11-,14-,15+,16-,17-,18?,21+,22+/m0/s1. The number of aromatic amines is 1. The zero-order valence-electron chi connectivity index (χ0n) is 21.7. The summed E-state index contributed by atoms with van der Waals surface area (Å²) in [6.45, 7) is 0. The predicted molar refractivity (Wildman–Crippen MR) is 131 cm³/mol. The van der Waals surface area contributed by atoms with Crippen LogP contribution in [-0.4, -0.2) is 86.7 Å². The van der Waals surface area contributed by atoms with Gasteiger partial charge in [0, 0.05) is 25.1 Å². The molecule has 1 aromatic carbocycles. The van der Waals surface area contributed by atoms with Gasteiger partial charge in [0.1, 0.15) is 36.3 Å². The second-order valence-corrected chi connectivity index (χ2v) is 9.30. The summed E-state index contributed by atoms with van der Waals surface area (Å²) in [7, 11) is 1.11. The van der Waals surface area contributed by atoms with Crippen molar-refractivity contribution < 1.29 is 61.4 Å². The largest absolute Gasteiger partial charge is 0.456 e. The molecule has 0 radical (unpaired) electrons. The van der Waals surface area contributed by atoms with E-state index >= 15 is 0 Å². The average molecular weight is 620 g/mol. The minimum absolute atomic E-state index is 0.316. The number of carbonyl (C=O) groups excluding carboxylic acids is 2. The Bertz CT molecular complexity index is 1530. The number of hydrogen-bond donors (Lipinski definition) is 6. The lowest BCUT2D eigenvalue weighted by atomic mass is 10.0. The van der Waals surface area contributed by atoms with Crippen LogP contribution in [0.5, 0.6) is 0 Å². The van der Waals surface area contributed by atoms with E-state index in [1.807, 2.05) is 10.3 Å². The number of hydrogen-bond acceptors (Lipinski definition) is 11. The van der Waals surface area contributed by atoms with Crippen molar-refractivity contribution in [2.24, 2.45) is 5.73 Å². The quantitative estimate of drug-likeness (QED) is 0.185. The van der Waals surface area contributed by atoms with E-state index in [0.717, 1.165) is 30.0 Å². The Morgan fingerprint density at radius 1 is 1.16 bits per heavy atom. The zero-order valence-corrected chi connectivity index (χ0v) is 21.7. The lowest BCUT2D eigenvalue weighted by molar-refractivity contribution is -0.241. The van der Waals surface area contributed by atoms with Gasteiger partial charge in [-0.3, -0.25) is 23.9 Å². The number of benzene rings is 1. The highest BCUT2D eigenvalue weighted by Crippen LogP contribution is 2.35. The zero-order chi connectivity index (χ0) is 31.8. The molecule has 2 amide bonds. The second-order valence-electron chi connectivity index (χ2n) is 9.30. The van der Waals surface area contributed by atoms with Crippen molar-refractivity contribution in [2.75, 3.05) is 12.4 Å². The van der Waals surface area contributed by atoms with Gasteiger partial charge in [0.05, 0.1) is 5.56 Å². The first-order valence-electron chi connectivity index (χ1n) is 12.2. The van der Waals surface area contributed by atoms with Crippen molar-refractivity contribution in [3.05, 3.63) is 74.5 Å². The number of carbonyl (C=O) groups is 2. The van der Waals surface area contributed by atoms with E-state index in [1.165, 1.54) is 0 Å². The van der Waals surface area contributed by atoms with Crippen molar-refractivity contribution in [1.29, 1.82) is 0 Å². The van der Waals surface area contributed by atoms with Crippen LogP contribution >= 0.6 is 0 Å². The third-order valence-corrected chi connectivity index (χ3v) is 6.45. The fraction of sp³-hybridized carbons (Fsp3) is 0.417. The van der Waals surface area contributed by atoms with Crippen LogP contribution in [0.25, 0.3) is 0 Å². The van der Waals surface area contributed by atoms with E-state index in [0.29, 0.717) is 18.2 Å². The van der Waals surface area contributed by atoms with Crippen molar-refractivity contribution in [1.82, 2.24) is 9.55 Å². The minimum atomic E-state index is -5.07. The molecule has 43 heavy (non-hydrogen) atoms. The number of amides is 2. The lowest BCUT2D eigenvalue weighted by Gasteiger charge is -2.35. The van der Waals surface area contributed by atoms with Crippen LogP contribution in [0.2, 0.25) is 0 Å². The molecule has 7 N–H and O–H groups in total. The molecule has 1 fully saturated rings. The molecule has 4 rings (SSSR count). The number of anilines is 1. The van der Waals surface area contributed by atoms with E-state index in [4.69, 9.17) is 24.7 Å². The van der Waals surface area contributed by atoms with Gasteiger partial charge in [0.25, 0.3) is 11.5 Å². The smallest absolute Gasteiger partial charge is 0.419 e. The summed E-state index contributed by atoms with van der Waals surface area (Å²) >= 11 is 0. The molecular weight excluding hydrogens is 596 g/mol. The number of H-pyrrole nitrogens is 1. The highest BCUT2D eigenvalue weighted by molar-refractivity contribution is 6.02. The Labute approximate surface area is 237 Å². The van der Waals surface area contributed by atoms with E-state index in [9.17, 15) is 52.1 Å². The van der Waals surface area contributed by atoms with E-state index < -0.39 is 101 Å². The Balaban J connectivity index is 1.55. The molecule has 3 heterocycles. The number of nitrogens with two attached hydrogens (primary N) is 1. The van der Waals surface area contributed by atoms with Gasteiger partial charge in [-0.05, 0) is 24.3 Å². The number of nitrogens with zero attached hydrogens (tertiary/aromatic N) is 1. The molecule has 0 aliphatic carbocycles. The Morgan fingerprint density at radius 2 is 1.86 bits per heavy atom. The maximum Gasteiger partial charge on any atom is 0.419 e. The molecule has 15 nitrogen and oxygen atoms in total. The molecule has 0 bridgehead atoms. The number of methoxy groups -OCH3 is 1. The van der Waals surface area contributed by atoms with Crippen LogP contribution in [0.4, 0.5) is 23.2 Å². The van der Waals surface area contributed by atoms with Crippen molar-refractivity contribution >= 4 is 17.5 Å². The molecule has 2 aliphatic heterocycles. The van der Waals surface area contributed by atoms with Gasteiger partial charge in [-0.25, -0.2) is 9.18 Å². The Hall–Kier alpha value is -4.14. The highest BCUT2D eigenvalue weighted by atomic mass is 19.4. The molecule has 19 heteroatoms. The van der Waals surface area contributed by atoms with Crippen LogP contribution in [0.3, 0.4) is 0 Å². The number of primary amides is 1. The molecule has 2 aliphatic rings. The first-order chi connectivity index (χ1) is 20.1. The highest BCUT2D eigenvalue weighted by Gasteiger charge is 2.52. The third-order valence-electron chi connectivity index (χ3n) is 6.45. The van der Waals surface area contributed by atoms with E-state index in [1.54, 1.807) is 0 Å². The van der Waals surface area contributed by atoms with Crippen molar-refractivity contribution in [2.45, 2.75) is 55.3 Å². The maximum atomic E-state index is 13.6. The molecule has 1 unspecified atom stereocenters. The third kappa shape index (κ3) is 6.60. The van der Waals surface area contributed by atoms with E-state index in [2.05, 4.69) is 0 Å². The summed E-state index contributed by atoms with van der Waals surface area (Å²) in [5.74, 6) is -4.90. The van der Waals surface area contributed by atoms with Crippen molar-refractivity contribution in [3.63, 3.8) is 0 Å². The fourth-order valence-electron chi connectivity index (χ4n) is 4.40. The molecule has 1 saturated heterocycles. The summed E-state index contributed by atoms with van der Waals surface area (Å²) in [6, 6.07) is 2.56. The fourth-order valence-corrected chi connectivity index (χ4v) is 4.40. The van der Waals surface area contributed by atoms with Crippen LogP contribution < -0.4 is 22.3 Å². The Morgan fingerprint density at radius 3 is 2.47 bits per heavy atom. The molecule has 2 aromatic rings. The normalized spacial score (nSPS) is 28.1. The van der Waals surface area contributed by atoms with Crippen LogP contribution in [0.1, 0.15) is 11.8 Å². The van der Waals surface area contributed by atoms with Gasteiger partial charge in [-0.1, -0.05) is 0 Å². The van der Waals surface area contributed by atoms with Gasteiger partial charge >= 0.3 is 11.9 Å². The number of aliphatic hydroxyl groups is 3. The molecule has 1 aromatic heterocycles. The molecule has 0 spiro atoms. The number of rotatable bonds is 8. The lowest BCUT2D eigenvalue weighted by Crippen LogP contribution is -2.53. The van der Waals surface area contributed by atoms with Crippen LogP contribution in [0, 0.1) is 5.82 Å². The van der Waals surface area contributed by atoms with Crippen LogP contribution in [-0.2, 0) is 34.7 Å². The molecular formula is C24H24F4N4O11. The number of ether oxygens (including phenoxy) is 4. The summed E-state index contributed by atoms with van der Waals surface area (Å²) in [6.07, 6.45) is -17.4. The molecule has 8 atom stereocenters. The molecule has 234 valence electrons. The second kappa shape index (κ2) is 12.2. The SMILES string of the molecule is CO[C@H]1[C@@H](O)[C@H](n2ccc(=O)[nH]c2=O)O[C@@H]1C(O[C@H]1OC(C(=O)Nc2ccc(F)c(C(F)(F)F)c2)=C[C@H](O)[C@@H]1O)C(N)=O. The number of nitrogens with one attached hydrogen (secondary N) is 2. The molecule has 0 saturated carbocycles. The van der Waals surface area contributed by atoms with Crippen molar-refractivity contribution in [3.8, 4) is 0 Å². The van der Waals surface area contributed by atoms with Gasteiger partial charge in [-0.2, -0.15) is 13.2 Å². The van der Waals surface area contributed by atoms with Crippen LogP contribution in [0.15, 0.2) is 51.9 Å². The summed E-state index contributed by atoms with van der Waals surface area (Å²) in [5.41, 5.74) is 1.55. The summed E-state index contributed by atoms with van der Waals surface area (Å²) < 4.78 is 75.1. The monoisotopic (exact) mass is 620 g/mol. The summed E-state index contributed by atoms with van der Waals surface area (Å²) in [5, 5.41) is 33.5. The van der Waals surface area contributed by atoms with Gasteiger partial charge in [0.15, 0.2) is 18.1 Å². The number of aliphatic hydroxyl groups excluding tert-OH is 3. The topological polar surface area (TPSA) is 225 Å². The first kappa shape index (κ1) is 31.8. The first-order valence-corrected chi connectivity index (χ1v) is 12.2. The maximum absolute atomic E-state index is 13.6. The van der Waals surface area contributed by atoms with E-state index in [-0.39, 0.29) is 0 Å². The Kier molecular flexibility index (Phi) is 9.04. The number of aromatic nitrogens is 2. The average Bonchev–Trinajstić information content (AvgIpc) is 3.24. The number of alkyl halides is 3. The summed E-state index contributed by atoms with van der Waals surface area (Å²) in [4.78, 5) is 50.8. The van der Waals surface area contributed by atoms with Gasteiger partial charge in [-0.15, -0.1) is 0 Å². The number of halogens is 4. The van der Waals surface area contributed by atoms with Gasteiger partial charge < -0.3 is 45.3 Å². The van der Waals surface area contributed by atoms with Gasteiger partial charge in [0.2, 0.25) is 12.2 Å². The minimum Gasteiger partial charge on any atom is -0.456 e. The predicted octanol–water partition coefficient (Wildman–Crippen LogP) is -1.56.